The molecule has 0 aliphatic carbocycles. The first-order valence-electron chi connectivity index (χ1n) is 10.1. The van der Waals surface area contributed by atoms with Crippen LogP contribution in [0.4, 0.5) is 0 Å². The molecule has 1 N–H and O–H groups in total. The highest BCUT2D eigenvalue weighted by atomic mass is 32.1. The van der Waals surface area contributed by atoms with Crippen LogP contribution < -0.4 is 5.32 Å². The smallest absolute Gasteiger partial charge is 0.169 e. The number of hydrogen-bond acceptors (Lipinski definition) is 3. The van der Waals surface area contributed by atoms with E-state index in [0.29, 0.717) is 6.04 Å². The molecule has 0 amide bonds. The Morgan fingerprint density at radius 1 is 1.19 bits per heavy atom. The average molecular weight is 378 g/mol. The van der Waals surface area contributed by atoms with Gasteiger partial charge in [0.25, 0.3) is 0 Å². The fourth-order valence-corrected chi connectivity index (χ4v) is 3.42. The van der Waals surface area contributed by atoms with Gasteiger partial charge in [0, 0.05) is 38.8 Å². The lowest BCUT2D eigenvalue weighted by atomic mass is 10.1. The molecule has 0 bridgehead atoms. The average Bonchev–Trinajstić information content (AvgIpc) is 2.68. The first-order chi connectivity index (χ1) is 12.6. The molecule has 26 heavy (non-hydrogen) atoms. The van der Waals surface area contributed by atoms with Crippen LogP contribution in [0.2, 0.25) is 0 Å². The van der Waals surface area contributed by atoms with Gasteiger partial charge in [0.15, 0.2) is 5.11 Å². The quantitative estimate of drug-likeness (QED) is 0.666. The molecule has 1 atom stereocenters. The summed E-state index contributed by atoms with van der Waals surface area (Å²) in [4.78, 5) is 4.81. The molecule has 1 unspecified atom stereocenters. The predicted octanol–water partition coefficient (Wildman–Crippen LogP) is 3.45. The van der Waals surface area contributed by atoms with Gasteiger partial charge in [0.2, 0.25) is 0 Å². The molecule has 1 fully saturated rings. The van der Waals surface area contributed by atoms with Crippen molar-refractivity contribution in [1.29, 1.82) is 0 Å². The highest BCUT2D eigenvalue weighted by Crippen LogP contribution is 2.10. The predicted molar refractivity (Wildman–Crippen MR) is 114 cm³/mol. The second-order valence-corrected chi connectivity index (χ2v) is 7.54. The van der Waals surface area contributed by atoms with E-state index in [1.807, 2.05) is 0 Å². The third kappa shape index (κ3) is 7.22. The minimum atomic E-state index is 0.409. The summed E-state index contributed by atoms with van der Waals surface area (Å²) in [6.07, 6.45) is 3.28. The zero-order valence-electron chi connectivity index (χ0n) is 16.7. The zero-order valence-corrected chi connectivity index (χ0v) is 17.5. The molecule has 2 rings (SSSR count). The Labute approximate surface area is 164 Å². The van der Waals surface area contributed by atoms with Gasteiger partial charge in [0.05, 0.1) is 13.2 Å². The fraction of sp³-hybridized carbons (Fsp3) is 0.667. The largest absolute Gasteiger partial charge is 0.379 e. The molecule has 1 saturated heterocycles. The van der Waals surface area contributed by atoms with Crippen LogP contribution in [0.3, 0.4) is 0 Å². The molecule has 1 aromatic carbocycles. The Kier molecular flexibility index (Phi) is 9.37. The maximum atomic E-state index is 5.72. The molecule has 5 heteroatoms. The minimum Gasteiger partial charge on any atom is -0.379 e. The summed E-state index contributed by atoms with van der Waals surface area (Å²) in [5, 5.41) is 4.36. The monoisotopic (exact) mass is 377 g/mol. The standard InChI is InChI=1S/C21H35N3OS/c1-4-18(3)22-21(26)24(12-6-11-23-13-15-25-16-14-23)17-20-9-7-19(5-2)8-10-20/h7-10,18H,4-6,11-17H2,1-3H3,(H,22,26). The van der Waals surface area contributed by atoms with Gasteiger partial charge in [-0.05, 0) is 49.5 Å². The minimum absolute atomic E-state index is 0.409. The maximum absolute atomic E-state index is 5.72. The van der Waals surface area contributed by atoms with E-state index in [9.17, 15) is 0 Å². The topological polar surface area (TPSA) is 27.7 Å². The highest BCUT2D eigenvalue weighted by Gasteiger charge is 2.14. The van der Waals surface area contributed by atoms with Gasteiger partial charge < -0.3 is 15.0 Å². The van der Waals surface area contributed by atoms with Gasteiger partial charge >= 0.3 is 0 Å². The van der Waals surface area contributed by atoms with E-state index in [0.717, 1.165) is 70.3 Å². The molecule has 146 valence electrons. The molecular formula is C21H35N3OS. The van der Waals surface area contributed by atoms with Crippen molar-refractivity contribution in [2.45, 2.75) is 52.6 Å². The maximum Gasteiger partial charge on any atom is 0.169 e. The Hall–Kier alpha value is -1.17. The van der Waals surface area contributed by atoms with Crippen LogP contribution in [0.15, 0.2) is 24.3 Å². The third-order valence-corrected chi connectivity index (χ3v) is 5.46. The Bertz CT molecular complexity index is 529. The Morgan fingerprint density at radius 2 is 1.85 bits per heavy atom. The number of nitrogens with zero attached hydrogens (tertiary/aromatic N) is 2. The number of morpholine rings is 1. The summed E-state index contributed by atoms with van der Waals surface area (Å²) >= 11 is 5.72. The normalized spacial score (nSPS) is 16.3. The van der Waals surface area contributed by atoms with Gasteiger partial charge in [-0.2, -0.15) is 0 Å². The van der Waals surface area contributed by atoms with Crippen molar-refractivity contribution < 1.29 is 4.74 Å². The van der Waals surface area contributed by atoms with E-state index in [4.69, 9.17) is 17.0 Å². The van der Waals surface area contributed by atoms with E-state index in [2.05, 4.69) is 60.2 Å². The van der Waals surface area contributed by atoms with Gasteiger partial charge in [0.1, 0.15) is 0 Å². The Balaban J connectivity index is 1.91. The van der Waals surface area contributed by atoms with Crippen molar-refractivity contribution in [3.63, 3.8) is 0 Å². The fourth-order valence-electron chi connectivity index (χ4n) is 3.07. The van der Waals surface area contributed by atoms with Crippen molar-refractivity contribution in [3.05, 3.63) is 35.4 Å². The molecule has 1 heterocycles. The van der Waals surface area contributed by atoms with Gasteiger partial charge in [-0.1, -0.05) is 38.1 Å². The molecule has 0 spiro atoms. The molecule has 1 aromatic rings. The SMILES string of the molecule is CCc1ccc(CN(CCCN2CCOCC2)C(=S)NC(C)CC)cc1. The van der Waals surface area contributed by atoms with Crippen molar-refractivity contribution >= 4 is 17.3 Å². The Morgan fingerprint density at radius 3 is 2.46 bits per heavy atom. The van der Waals surface area contributed by atoms with Gasteiger partial charge in [-0.3, -0.25) is 4.90 Å². The van der Waals surface area contributed by atoms with Crippen molar-refractivity contribution in [1.82, 2.24) is 15.1 Å². The van der Waals surface area contributed by atoms with Crippen molar-refractivity contribution in [2.75, 3.05) is 39.4 Å². The number of ether oxygens (including phenoxy) is 1. The number of thiocarbonyl (C=S) groups is 1. The molecule has 0 radical (unpaired) electrons. The molecule has 1 aliphatic rings. The summed E-state index contributed by atoms with van der Waals surface area (Å²) in [6, 6.07) is 9.34. The van der Waals surface area contributed by atoms with Crippen LogP contribution in [0, 0.1) is 0 Å². The van der Waals surface area contributed by atoms with Crippen LogP contribution in [-0.2, 0) is 17.7 Å². The molecular weight excluding hydrogens is 342 g/mol. The third-order valence-electron chi connectivity index (χ3n) is 5.08. The first-order valence-corrected chi connectivity index (χ1v) is 10.5. The van der Waals surface area contributed by atoms with Gasteiger partial charge in [-0.25, -0.2) is 0 Å². The number of aryl methyl sites for hydroxylation is 1. The van der Waals surface area contributed by atoms with E-state index < -0.39 is 0 Å². The molecule has 0 aromatic heterocycles. The van der Waals surface area contributed by atoms with Crippen LogP contribution in [0.5, 0.6) is 0 Å². The number of benzene rings is 1. The number of hydrogen-bond donors (Lipinski definition) is 1. The summed E-state index contributed by atoms with van der Waals surface area (Å²) in [5.41, 5.74) is 2.70. The van der Waals surface area contributed by atoms with E-state index >= 15 is 0 Å². The number of nitrogens with one attached hydrogen (secondary N) is 1. The summed E-state index contributed by atoms with van der Waals surface area (Å²) in [7, 11) is 0. The highest BCUT2D eigenvalue weighted by molar-refractivity contribution is 7.80. The number of rotatable bonds is 9. The summed E-state index contributed by atoms with van der Waals surface area (Å²) in [5.74, 6) is 0. The first kappa shape index (κ1) is 21.1. The van der Waals surface area contributed by atoms with Crippen molar-refractivity contribution in [3.8, 4) is 0 Å². The molecule has 1 aliphatic heterocycles. The van der Waals surface area contributed by atoms with E-state index in [1.54, 1.807) is 0 Å². The molecule has 4 nitrogen and oxygen atoms in total. The lowest BCUT2D eigenvalue weighted by molar-refractivity contribution is 0.0367. The van der Waals surface area contributed by atoms with Crippen LogP contribution in [-0.4, -0.2) is 60.3 Å². The summed E-state index contributed by atoms with van der Waals surface area (Å²) < 4.78 is 5.44. The zero-order chi connectivity index (χ0) is 18.8. The second-order valence-electron chi connectivity index (χ2n) is 7.16. The molecule has 0 saturated carbocycles. The van der Waals surface area contributed by atoms with Crippen LogP contribution in [0.1, 0.15) is 44.7 Å². The summed E-state index contributed by atoms with van der Waals surface area (Å²) in [6.45, 7) is 13.4. The van der Waals surface area contributed by atoms with E-state index in [1.165, 1.54) is 11.1 Å². The van der Waals surface area contributed by atoms with Crippen molar-refractivity contribution in [2.24, 2.45) is 0 Å². The lowest BCUT2D eigenvalue weighted by Crippen LogP contribution is -2.44. The van der Waals surface area contributed by atoms with E-state index in [-0.39, 0.29) is 0 Å². The van der Waals surface area contributed by atoms with Gasteiger partial charge in [-0.15, -0.1) is 0 Å². The van der Waals surface area contributed by atoms with Crippen LogP contribution in [0.25, 0.3) is 0 Å². The second kappa shape index (κ2) is 11.5. The lowest BCUT2D eigenvalue weighted by Gasteiger charge is -2.30. The van der Waals surface area contributed by atoms with Crippen LogP contribution >= 0.6 is 12.2 Å².